The second-order valence-electron chi connectivity index (χ2n) is 5.45. The van der Waals surface area contributed by atoms with Crippen molar-refractivity contribution in [3.05, 3.63) is 22.3 Å². The van der Waals surface area contributed by atoms with E-state index >= 15 is 0 Å². The van der Waals surface area contributed by atoms with Crippen LogP contribution in [-0.2, 0) is 0 Å². The topological polar surface area (TPSA) is 80.0 Å². The Balaban J connectivity index is 1.75. The van der Waals surface area contributed by atoms with Crippen LogP contribution >= 0.6 is 15.9 Å². The summed E-state index contributed by atoms with van der Waals surface area (Å²) in [5, 5.41) is 3.13. The van der Waals surface area contributed by atoms with E-state index in [1.54, 1.807) is 12.3 Å². The van der Waals surface area contributed by atoms with Crippen LogP contribution in [0.1, 0.15) is 36.0 Å². The highest BCUT2D eigenvalue weighted by Crippen LogP contribution is 2.44. The van der Waals surface area contributed by atoms with Gasteiger partial charge in [0.15, 0.2) is 5.82 Å². The Morgan fingerprint density at radius 3 is 2.89 bits per heavy atom. The van der Waals surface area contributed by atoms with Crippen molar-refractivity contribution in [1.29, 1.82) is 0 Å². The first kappa shape index (κ1) is 12.9. The molecule has 3 rings (SSSR count). The molecular formula is C13H17BrN4O. The van der Waals surface area contributed by atoms with E-state index in [4.69, 9.17) is 5.84 Å². The van der Waals surface area contributed by atoms with Gasteiger partial charge in [0.25, 0.3) is 5.91 Å². The summed E-state index contributed by atoms with van der Waals surface area (Å²) in [6.45, 7) is 0. The first-order valence-electron chi connectivity index (χ1n) is 6.60. The van der Waals surface area contributed by atoms with E-state index in [1.807, 2.05) is 0 Å². The maximum Gasteiger partial charge on any atom is 0.255 e. The zero-order chi connectivity index (χ0) is 13.4. The van der Waals surface area contributed by atoms with Crippen molar-refractivity contribution in [3.8, 4) is 0 Å². The summed E-state index contributed by atoms with van der Waals surface area (Å²) in [6, 6.07) is 2.06. The fourth-order valence-electron chi connectivity index (χ4n) is 3.40. The summed E-state index contributed by atoms with van der Waals surface area (Å²) >= 11 is 3.33. The van der Waals surface area contributed by atoms with Gasteiger partial charge in [-0.1, -0.05) is 6.42 Å². The van der Waals surface area contributed by atoms with Crippen molar-refractivity contribution in [3.63, 3.8) is 0 Å². The third kappa shape index (κ3) is 2.47. The van der Waals surface area contributed by atoms with Crippen molar-refractivity contribution in [2.75, 3.05) is 5.43 Å². The van der Waals surface area contributed by atoms with Gasteiger partial charge in [-0.25, -0.2) is 10.8 Å². The normalized spacial score (nSPS) is 28.4. The van der Waals surface area contributed by atoms with Crippen LogP contribution in [0, 0.1) is 11.8 Å². The van der Waals surface area contributed by atoms with Crippen LogP contribution in [0.4, 0.5) is 5.82 Å². The number of nitrogens with two attached hydrogens (primary N) is 1. The number of carbonyl (C=O) groups is 1. The zero-order valence-corrected chi connectivity index (χ0v) is 12.1. The molecule has 1 aromatic heterocycles. The van der Waals surface area contributed by atoms with Crippen molar-refractivity contribution in [1.82, 2.24) is 10.3 Å². The van der Waals surface area contributed by atoms with Crippen LogP contribution in [0.2, 0.25) is 0 Å². The molecule has 6 heteroatoms. The largest absolute Gasteiger partial charge is 0.349 e. The number of rotatable bonds is 3. The molecule has 2 bridgehead atoms. The Bertz CT molecular complexity index is 507. The number of carbonyl (C=O) groups excluding carboxylic acids is 1. The van der Waals surface area contributed by atoms with Gasteiger partial charge in [0.1, 0.15) is 0 Å². The van der Waals surface area contributed by atoms with Crippen LogP contribution in [-0.4, -0.2) is 16.9 Å². The second kappa shape index (κ2) is 5.09. The van der Waals surface area contributed by atoms with Crippen LogP contribution in [0.3, 0.4) is 0 Å². The molecule has 1 amide bonds. The van der Waals surface area contributed by atoms with Crippen molar-refractivity contribution in [2.45, 2.75) is 31.7 Å². The van der Waals surface area contributed by atoms with Crippen LogP contribution in [0.25, 0.3) is 0 Å². The molecule has 2 aliphatic rings. The van der Waals surface area contributed by atoms with Gasteiger partial charge in [0.05, 0.1) is 5.56 Å². The molecule has 0 aliphatic heterocycles. The summed E-state index contributed by atoms with van der Waals surface area (Å²) in [4.78, 5) is 16.4. The molecule has 0 spiro atoms. The number of aromatic nitrogens is 1. The first-order chi connectivity index (χ1) is 9.17. The average Bonchev–Trinajstić information content (AvgIpc) is 3.01. The Morgan fingerprint density at radius 1 is 1.42 bits per heavy atom. The zero-order valence-electron chi connectivity index (χ0n) is 10.5. The molecule has 4 N–H and O–H groups in total. The van der Waals surface area contributed by atoms with E-state index < -0.39 is 0 Å². The molecule has 2 aliphatic carbocycles. The molecule has 0 saturated heterocycles. The summed E-state index contributed by atoms with van der Waals surface area (Å²) in [7, 11) is 0. The highest BCUT2D eigenvalue weighted by Gasteiger charge is 2.40. The minimum atomic E-state index is -0.0979. The number of amides is 1. The van der Waals surface area contributed by atoms with E-state index in [2.05, 4.69) is 31.7 Å². The maximum atomic E-state index is 12.3. The molecule has 19 heavy (non-hydrogen) atoms. The Morgan fingerprint density at radius 2 is 2.26 bits per heavy atom. The predicted octanol–water partition coefficient (Wildman–Crippen LogP) is 2.05. The Kier molecular flexibility index (Phi) is 3.45. The summed E-state index contributed by atoms with van der Waals surface area (Å²) in [6.07, 6.45) is 6.57. The van der Waals surface area contributed by atoms with Gasteiger partial charge in [-0.2, -0.15) is 0 Å². The number of hydrogen-bond donors (Lipinski definition) is 3. The van der Waals surface area contributed by atoms with E-state index in [-0.39, 0.29) is 5.91 Å². The third-order valence-corrected chi connectivity index (χ3v) is 4.72. The fourth-order valence-corrected chi connectivity index (χ4v) is 3.73. The van der Waals surface area contributed by atoms with Gasteiger partial charge in [-0.3, -0.25) is 4.79 Å². The molecule has 102 valence electrons. The molecule has 3 atom stereocenters. The molecular weight excluding hydrogens is 308 g/mol. The third-order valence-electron chi connectivity index (χ3n) is 4.29. The van der Waals surface area contributed by atoms with Gasteiger partial charge in [-0.15, -0.1) is 0 Å². The summed E-state index contributed by atoms with van der Waals surface area (Å²) in [5.41, 5.74) is 2.96. The number of anilines is 1. The number of hydrogen-bond acceptors (Lipinski definition) is 4. The fraction of sp³-hybridized carbons (Fsp3) is 0.538. The van der Waals surface area contributed by atoms with Gasteiger partial charge in [0, 0.05) is 16.7 Å². The van der Waals surface area contributed by atoms with E-state index in [1.165, 1.54) is 19.3 Å². The second-order valence-corrected chi connectivity index (χ2v) is 6.36. The quantitative estimate of drug-likeness (QED) is 0.587. The standard InChI is InChI=1S/C13H17BrN4O/c14-9-5-10(12(18-15)16-6-9)13(19)17-11-4-7-1-2-8(11)3-7/h5-8,11H,1-4,15H2,(H,16,18)(H,17,19). The highest BCUT2D eigenvalue weighted by atomic mass is 79.9. The van der Waals surface area contributed by atoms with Crippen LogP contribution < -0.4 is 16.6 Å². The number of nitrogens with zero attached hydrogens (tertiary/aromatic N) is 1. The molecule has 2 fully saturated rings. The van der Waals surface area contributed by atoms with Crippen molar-refractivity contribution < 1.29 is 4.79 Å². The van der Waals surface area contributed by atoms with Gasteiger partial charge in [-0.05, 0) is 53.1 Å². The average molecular weight is 325 g/mol. The lowest BCUT2D eigenvalue weighted by Gasteiger charge is -2.23. The molecule has 2 saturated carbocycles. The van der Waals surface area contributed by atoms with Gasteiger partial charge in [0.2, 0.25) is 0 Å². The molecule has 0 radical (unpaired) electrons. The number of nitrogen functional groups attached to an aromatic ring is 1. The van der Waals surface area contributed by atoms with Crippen LogP contribution in [0.15, 0.2) is 16.7 Å². The number of pyridine rings is 1. The van der Waals surface area contributed by atoms with Crippen LogP contribution in [0.5, 0.6) is 0 Å². The number of nitrogens with one attached hydrogen (secondary N) is 2. The first-order valence-corrected chi connectivity index (χ1v) is 7.39. The predicted molar refractivity (Wildman–Crippen MR) is 76.4 cm³/mol. The lowest BCUT2D eigenvalue weighted by Crippen LogP contribution is -2.39. The number of hydrazine groups is 1. The van der Waals surface area contributed by atoms with Gasteiger partial charge >= 0.3 is 0 Å². The lowest BCUT2D eigenvalue weighted by atomic mass is 9.95. The SMILES string of the molecule is NNc1ncc(Br)cc1C(=O)NC1CC2CCC1C2. The number of halogens is 1. The molecule has 0 aromatic carbocycles. The lowest BCUT2D eigenvalue weighted by molar-refractivity contribution is 0.0923. The van der Waals surface area contributed by atoms with Crippen molar-refractivity contribution >= 4 is 27.7 Å². The highest BCUT2D eigenvalue weighted by molar-refractivity contribution is 9.10. The minimum Gasteiger partial charge on any atom is -0.349 e. The van der Waals surface area contributed by atoms with Crippen molar-refractivity contribution in [2.24, 2.45) is 17.7 Å². The van der Waals surface area contributed by atoms with E-state index in [0.717, 1.165) is 16.8 Å². The molecule has 5 nitrogen and oxygen atoms in total. The smallest absolute Gasteiger partial charge is 0.255 e. The monoisotopic (exact) mass is 324 g/mol. The molecule has 3 unspecified atom stereocenters. The molecule has 1 heterocycles. The Hall–Kier alpha value is -1.14. The maximum absolute atomic E-state index is 12.3. The molecule has 1 aromatic rings. The summed E-state index contributed by atoms with van der Waals surface area (Å²) in [5.74, 6) is 7.17. The van der Waals surface area contributed by atoms with Gasteiger partial charge < -0.3 is 10.7 Å². The van der Waals surface area contributed by atoms with E-state index in [9.17, 15) is 4.79 Å². The van der Waals surface area contributed by atoms with E-state index in [0.29, 0.717) is 23.3 Å². The number of fused-ring (bicyclic) bond motifs is 2. The minimum absolute atomic E-state index is 0.0979. The summed E-state index contributed by atoms with van der Waals surface area (Å²) < 4.78 is 0.768. The Labute approximate surface area is 120 Å².